The van der Waals surface area contributed by atoms with Gasteiger partial charge in [0.15, 0.2) is 6.29 Å². The summed E-state index contributed by atoms with van der Waals surface area (Å²) in [5, 5.41) is 17.5. The molecule has 1 atom stereocenters. The van der Waals surface area contributed by atoms with Gasteiger partial charge in [0.1, 0.15) is 0 Å². The first kappa shape index (κ1) is 15.7. The van der Waals surface area contributed by atoms with E-state index >= 15 is 0 Å². The van der Waals surface area contributed by atoms with E-state index in [2.05, 4.69) is 72.3 Å². The molecule has 0 radical (unpaired) electrons. The Morgan fingerprint density at radius 1 is 1.05 bits per heavy atom. The molecule has 1 amide bonds. The van der Waals surface area contributed by atoms with Gasteiger partial charge in [-0.1, -0.05) is 18.2 Å². The summed E-state index contributed by atoms with van der Waals surface area (Å²) in [5.41, 5.74) is 7.18. The van der Waals surface area contributed by atoms with Crippen molar-refractivity contribution in [1.82, 2.24) is 5.48 Å². The molecule has 5 N–H and O–H groups in total. The molecule has 1 heterocycles. The van der Waals surface area contributed by atoms with Crippen LogP contribution in [0.25, 0.3) is 0 Å². The van der Waals surface area contributed by atoms with Crippen LogP contribution < -0.4 is 21.4 Å². The first-order valence-corrected chi connectivity index (χ1v) is 6.92. The third-order valence-electron chi connectivity index (χ3n) is 3.16. The van der Waals surface area contributed by atoms with Crippen LogP contribution in [0.3, 0.4) is 0 Å². The summed E-state index contributed by atoms with van der Waals surface area (Å²) in [6.45, 7) is 4.20. The van der Waals surface area contributed by atoms with Crippen molar-refractivity contribution in [3.8, 4) is 0 Å². The van der Waals surface area contributed by atoms with Gasteiger partial charge in [0, 0.05) is 5.69 Å². The second-order valence-corrected chi connectivity index (χ2v) is 5.03. The molecule has 0 saturated heterocycles. The van der Waals surface area contributed by atoms with Crippen LogP contribution >= 0.6 is 0 Å². The number of anilines is 3. The van der Waals surface area contributed by atoms with E-state index in [0.29, 0.717) is 0 Å². The second-order valence-electron chi connectivity index (χ2n) is 5.03. The highest BCUT2D eigenvalue weighted by molar-refractivity contribution is 5.76. The quantitative estimate of drug-likeness (QED) is 0.342. The number of hydrogen-bond acceptors (Lipinski definition) is 5. The van der Waals surface area contributed by atoms with Crippen LogP contribution in [-0.4, -0.2) is 17.9 Å². The maximum Gasteiger partial charge on any atom is 0.230 e. The molecule has 0 saturated carbocycles. The SMILES string of the molecule is Cc1cccc(NC2Nc3ccc(C)cc3N2)c1.O=CNO. The van der Waals surface area contributed by atoms with Crippen LogP contribution in [0, 0.1) is 13.8 Å². The van der Waals surface area contributed by atoms with Crippen molar-refractivity contribution in [3.05, 3.63) is 53.6 Å². The molecule has 0 spiro atoms. The number of fused-ring (bicyclic) bond motifs is 1. The van der Waals surface area contributed by atoms with E-state index in [4.69, 9.17) is 10.0 Å². The summed E-state index contributed by atoms with van der Waals surface area (Å²) in [6, 6.07) is 14.7. The maximum absolute atomic E-state index is 8.81. The van der Waals surface area contributed by atoms with Gasteiger partial charge < -0.3 is 16.0 Å². The number of carbonyl (C=O) groups is 1. The Morgan fingerprint density at radius 3 is 2.41 bits per heavy atom. The van der Waals surface area contributed by atoms with Crippen molar-refractivity contribution in [3.63, 3.8) is 0 Å². The summed E-state index contributed by atoms with van der Waals surface area (Å²) in [5.74, 6) is 0. The topological polar surface area (TPSA) is 85.4 Å². The highest BCUT2D eigenvalue weighted by Crippen LogP contribution is 2.29. The molecule has 3 rings (SSSR count). The average Bonchev–Trinajstić information content (AvgIpc) is 2.88. The van der Waals surface area contributed by atoms with Crippen LogP contribution in [0.4, 0.5) is 17.1 Å². The predicted octanol–water partition coefficient (Wildman–Crippen LogP) is 2.66. The lowest BCUT2D eigenvalue weighted by Gasteiger charge is -2.16. The fourth-order valence-electron chi connectivity index (χ4n) is 2.22. The summed E-state index contributed by atoms with van der Waals surface area (Å²) >= 11 is 0. The van der Waals surface area contributed by atoms with Crippen molar-refractivity contribution < 1.29 is 10.0 Å². The molecule has 1 aliphatic heterocycles. The monoisotopic (exact) mass is 300 g/mol. The average molecular weight is 300 g/mol. The molecule has 0 fully saturated rings. The fourth-order valence-corrected chi connectivity index (χ4v) is 2.22. The summed E-state index contributed by atoms with van der Waals surface area (Å²) < 4.78 is 0. The number of carbonyl (C=O) groups excluding carboxylic acids is 1. The summed E-state index contributed by atoms with van der Waals surface area (Å²) in [6.07, 6.45) is 0.226. The smallest absolute Gasteiger partial charge is 0.230 e. The Hall–Kier alpha value is -2.73. The Balaban J connectivity index is 0.000000396. The molecule has 1 aliphatic rings. The number of aryl methyl sites for hydroxylation is 2. The highest BCUT2D eigenvalue weighted by atomic mass is 16.5. The normalized spacial score (nSPS) is 14.6. The van der Waals surface area contributed by atoms with E-state index in [1.54, 1.807) is 0 Å². The van der Waals surface area contributed by atoms with Gasteiger partial charge in [-0.05, 0) is 49.2 Å². The molecule has 6 nitrogen and oxygen atoms in total. The van der Waals surface area contributed by atoms with Crippen molar-refractivity contribution in [1.29, 1.82) is 0 Å². The molecule has 0 bridgehead atoms. The molecule has 0 aliphatic carbocycles. The number of hydrogen-bond donors (Lipinski definition) is 5. The van der Waals surface area contributed by atoms with Gasteiger partial charge in [0.05, 0.1) is 11.4 Å². The number of benzene rings is 2. The second kappa shape index (κ2) is 7.33. The Labute approximate surface area is 129 Å². The molecular formula is C16H20N4O2. The zero-order chi connectivity index (χ0) is 15.9. The maximum atomic E-state index is 8.81. The zero-order valence-electron chi connectivity index (χ0n) is 12.6. The lowest BCUT2D eigenvalue weighted by atomic mass is 10.2. The Bertz CT molecular complexity index is 646. The van der Waals surface area contributed by atoms with Crippen molar-refractivity contribution >= 4 is 23.5 Å². The van der Waals surface area contributed by atoms with E-state index in [1.807, 2.05) is 0 Å². The number of rotatable bonds is 3. The summed E-state index contributed by atoms with van der Waals surface area (Å²) in [4.78, 5) is 8.81. The van der Waals surface area contributed by atoms with Crippen LogP contribution in [0.5, 0.6) is 0 Å². The van der Waals surface area contributed by atoms with Crippen LogP contribution in [-0.2, 0) is 4.79 Å². The number of amides is 1. The van der Waals surface area contributed by atoms with Gasteiger partial charge in [-0.2, -0.15) is 0 Å². The predicted molar refractivity (Wildman–Crippen MR) is 88.0 cm³/mol. The van der Waals surface area contributed by atoms with Crippen LogP contribution in [0.1, 0.15) is 11.1 Å². The number of nitrogens with one attached hydrogen (secondary N) is 4. The standard InChI is InChI=1S/C15H17N3.CH3NO2/c1-10-4-3-5-12(8-10)16-15-17-13-7-6-11(2)9-14(13)18-15;3-1-2-4/h3-9,15-18H,1-2H3;1,4H,(H,2,3). The minimum absolute atomic E-state index is 0.0450. The largest absolute Gasteiger partial charge is 0.348 e. The van der Waals surface area contributed by atoms with Crippen molar-refractivity contribution in [2.45, 2.75) is 20.1 Å². The Kier molecular flexibility index (Phi) is 5.21. The third-order valence-corrected chi connectivity index (χ3v) is 3.16. The molecule has 116 valence electrons. The zero-order valence-corrected chi connectivity index (χ0v) is 12.6. The lowest BCUT2D eigenvalue weighted by molar-refractivity contribution is -0.116. The third kappa shape index (κ3) is 4.13. The van der Waals surface area contributed by atoms with E-state index in [9.17, 15) is 0 Å². The first-order valence-electron chi connectivity index (χ1n) is 6.92. The molecule has 1 unspecified atom stereocenters. The van der Waals surface area contributed by atoms with Crippen molar-refractivity contribution in [2.24, 2.45) is 0 Å². The lowest BCUT2D eigenvalue weighted by Crippen LogP contribution is -2.31. The molecular weight excluding hydrogens is 280 g/mol. The van der Waals surface area contributed by atoms with Gasteiger partial charge in [0.25, 0.3) is 0 Å². The molecule has 2 aromatic rings. The first-order chi connectivity index (χ1) is 10.6. The van der Waals surface area contributed by atoms with E-state index in [1.165, 1.54) is 16.6 Å². The van der Waals surface area contributed by atoms with Gasteiger partial charge in [-0.3, -0.25) is 10.0 Å². The molecule has 2 aromatic carbocycles. The fraction of sp³-hybridized carbons (Fsp3) is 0.188. The highest BCUT2D eigenvalue weighted by Gasteiger charge is 2.18. The van der Waals surface area contributed by atoms with E-state index in [-0.39, 0.29) is 12.7 Å². The molecule has 0 aromatic heterocycles. The molecule has 22 heavy (non-hydrogen) atoms. The van der Waals surface area contributed by atoms with Crippen LogP contribution in [0.2, 0.25) is 0 Å². The molecule has 6 heteroatoms. The minimum atomic E-state index is 0.0450. The van der Waals surface area contributed by atoms with Crippen molar-refractivity contribution in [2.75, 3.05) is 16.0 Å². The van der Waals surface area contributed by atoms with E-state index in [0.717, 1.165) is 17.1 Å². The van der Waals surface area contributed by atoms with Gasteiger partial charge in [0.2, 0.25) is 6.41 Å². The summed E-state index contributed by atoms with van der Waals surface area (Å²) in [7, 11) is 0. The Morgan fingerprint density at radius 2 is 1.73 bits per heavy atom. The van der Waals surface area contributed by atoms with Gasteiger partial charge in [-0.15, -0.1) is 0 Å². The van der Waals surface area contributed by atoms with Gasteiger partial charge in [-0.25, -0.2) is 5.48 Å². The minimum Gasteiger partial charge on any atom is -0.348 e. The van der Waals surface area contributed by atoms with E-state index < -0.39 is 0 Å². The van der Waals surface area contributed by atoms with Gasteiger partial charge >= 0.3 is 0 Å². The van der Waals surface area contributed by atoms with Crippen LogP contribution in [0.15, 0.2) is 42.5 Å². The number of hydroxylamine groups is 1.